The second kappa shape index (κ2) is 9.06. The predicted octanol–water partition coefficient (Wildman–Crippen LogP) is 2.16. The fraction of sp³-hybridized carbons (Fsp3) is 0.632. The van der Waals surface area contributed by atoms with Crippen LogP contribution in [0.25, 0.3) is 0 Å². The van der Waals surface area contributed by atoms with E-state index in [0.717, 1.165) is 13.0 Å². The minimum absolute atomic E-state index is 0.0181. The van der Waals surface area contributed by atoms with Gasteiger partial charge in [-0.25, -0.2) is 0 Å². The minimum atomic E-state index is -0.182. The minimum Gasteiger partial charge on any atom is -0.493 e. The summed E-state index contributed by atoms with van der Waals surface area (Å²) in [6.07, 6.45) is 4.65. The molecule has 1 aliphatic carbocycles. The van der Waals surface area contributed by atoms with Crippen LogP contribution in [-0.2, 0) is 14.3 Å². The molecule has 138 valence electrons. The SMILES string of the molecule is COc1ccccc1OCC(=O)N[C@@H]1COCC[C@@H]1OCC1CCC1. The third-order valence-corrected chi connectivity index (χ3v) is 4.84. The average molecular weight is 349 g/mol. The standard InChI is InChI=1S/C19H27NO5/c1-22-17-7-2-3-8-18(17)25-13-19(21)20-15-12-23-10-9-16(15)24-11-14-5-4-6-14/h2-3,7-8,14-16H,4-6,9-13H2,1H3,(H,20,21)/t15-,16+/m1/s1. The van der Waals surface area contributed by atoms with Crippen LogP contribution in [-0.4, -0.2) is 51.6 Å². The Kier molecular flexibility index (Phi) is 6.53. The highest BCUT2D eigenvalue weighted by atomic mass is 16.5. The van der Waals surface area contributed by atoms with Gasteiger partial charge in [-0.3, -0.25) is 4.79 Å². The number of carbonyl (C=O) groups excluding carboxylic acids is 1. The van der Waals surface area contributed by atoms with E-state index in [9.17, 15) is 4.79 Å². The normalized spacial score (nSPS) is 23.6. The molecule has 0 radical (unpaired) electrons. The zero-order chi connectivity index (χ0) is 17.5. The van der Waals surface area contributed by atoms with Crippen molar-refractivity contribution in [1.29, 1.82) is 0 Å². The van der Waals surface area contributed by atoms with E-state index < -0.39 is 0 Å². The van der Waals surface area contributed by atoms with Gasteiger partial charge in [-0.05, 0) is 37.3 Å². The molecule has 0 aromatic heterocycles. The molecular weight excluding hydrogens is 322 g/mol. The summed E-state index contributed by atoms with van der Waals surface area (Å²) in [5.74, 6) is 1.67. The van der Waals surface area contributed by atoms with Gasteiger partial charge >= 0.3 is 0 Å². The molecule has 1 saturated carbocycles. The van der Waals surface area contributed by atoms with E-state index in [-0.39, 0.29) is 24.7 Å². The highest BCUT2D eigenvalue weighted by Crippen LogP contribution is 2.28. The number of benzene rings is 1. The molecule has 1 heterocycles. The molecule has 1 saturated heterocycles. The first kappa shape index (κ1) is 18.0. The van der Waals surface area contributed by atoms with Crippen LogP contribution in [0.4, 0.5) is 0 Å². The summed E-state index contributed by atoms with van der Waals surface area (Å²) in [7, 11) is 1.58. The van der Waals surface area contributed by atoms with Gasteiger partial charge in [0.25, 0.3) is 5.91 Å². The van der Waals surface area contributed by atoms with E-state index >= 15 is 0 Å². The summed E-state index contributed by atoms with van der Waals surface area (Å²) in [4.78, 5) is 12.2. The first-order chi connectivity index (χ1) is 12.3. The fourth-order valence-electron chi connectivity index (χ4n) is 3.10. The summed E-state index contributed by atoms with van der Waals surface area (Å²) in [6.45, 7) is 1.89. The smallest absolute Gasteiger partial charge is 0.258 e. The Balaban J connectivity index is 1.46. The highest BCUT2D eigenvalue weighted by Gasteiger charge is 2.29. The number of carbonyl (C=O) groups is 1. The van der Waals surface area contributed by atoms with E-state index in [1.54, 1.807) is 19.2 Å². The Morgan fingerprint density at radius 3 is 2.76 bits per heavy atom. The molecule has 2 atom stereocenters. The zero-order valence-electron chi connectivity index (χ0n) is 14.7. The van der Waals surface area contributed by atoms with Crippen LogP contribution in [0.15, 0.2) is 24.3 Å². The fourth-order valence-corrected chi connectivity index (χ4v) is 3.10. The molecule has 1 amide bonds. The Bertz CT molecular complexity index is 561. The molecule has 1 aliphatic heterocycles. The van der Waals surface area contributed by atoms with Gasteiger partial charge in [-0.1, -0.05) is 18.6 Å². The number of ether oxygens (including phenoxy) is 4. The number of methoxy groups -OCH3 is 1. The van der Waals surface area contributed by atoms with Crippen LogP contribution in [0.2, 0.25) is 0 Å². The van der Waals surface area contributed by atoms with Crippen molar-refractivity contribution in [3.05, 3.63) is 24.3 Å². The van der Waals surface area contributed by atoms with Crippen LogP contribution in [0.5, 0.6) is 11.5 Å². The average Bonchev–Trinajstić information content (AvgIpc) is 2.60. The van der Waals surface area contributed by atoms with Gasteiger partial charge in [-0.2, -0.15) is 0 Å². The quantitative estimate of drug-likeness (QED) is 0.779. The monoisotopic (exact) mass is 349 g/mol. The lowest BCUT2D eigenvalue weighted by atomic mass is 9.86. The lowest BCUT2D eigenvalue weighted by molar-refractivity contribution is -0.128. The third kappa shape index (κ3) is 5.09. The highest BCUT2D eigenvalue weighted by molar-refractivity contribution is 5.78. The molecular formula is C19H27NO5. The lowest BCUT2D eigenvalue weighted by Gasteiger charge is -2.34. The molecule has 1 aromatic carbocycles. The molecule has 25 heavy (non-hydrogen) atoms. The van der Waals surface area contributed by atoms with Crippen LogP contribution in [0.1, 0.15) is 25.7 Å². The van der Waals surface area contributed by atoms with Crippen molar-refractivity contribution in [3.8, 4) is 11.5 Å². The van der Waals surface area contributed by atoms with Gasteiger partial charge in [0, 0.05) is 13.2 Å². The molecule has 3 rings (SSSR count). The molecule has 2 aliphatic rings. The molecule has 2 fully saturated rings. The Hall–Kier alpha value is -1.79. The first-order valence-electron chi connectivity index (χ1n) is 9.01. The van der Waals surface area contributed by atoms with Crippen molar-refractivity contribution in [1.82, 2.24) is 5.32 Å². The summed E-state index contributed by atoms with van der Waals surface area (Å²) in [5.41, 5.74) is 0. The molecule has 0 unspecified atom stereocenters. The number of nitrogens with one attached hydrogen (secondary N) is 1. The Morgan fingerprint density at radius 1 is 1.24 bits per heavy atom. The summed E-state index contributed by atoms with van der Waals surface area (Å²) >= 11 is 0. The van der Waals surface area contributed by atoms with Crippen LogP contribution < -0.4 is 14.8 Å². The van der Waals surface area contributed by atoms with Crippen molar-refractivity contribution >= 4 is 5.91 Å². The maximum absolute atomic E-state index is 12.2. The maximum atomic E-state index is 12.2. The van der Waals surface area contributed by atoms with Gasteiger partial charge in [0.2, 0.25) is 0 Å². The predicted molar refractivity (Wildman–Crippen MR) is 92.9 cm³/mol. The van der Waals surface area contributed by atoms with Crippen LogP contribution in [0.3, 0.4) is 0 Å². The van der Waals surface area contributed by atoms with Crippen LogP contribution in [0, 0.1) is 5.92 Å². The molecule has 6 nitrogen and oxygen atoms in total. The first-order valence-corrected chi connectivity index (χ1v) is 9.01. The second-order valence-corrected chi connectivity index (χ2v) is 6.65. The largest absolute Gasteiger partial charge is 0.493 e. The topological polar surface area (TPSA) is 66.0 Å². The number of para-hydroxylation sites is 2. The number of hydrogen-bond acceptors (Lipinski definition) is 5. The Labute approximate surface area is 148 Å². The van der Waals surface area contributed by atoms with E-state index in [4.69, 9.17) is 18.9 Å². The third-order valence-electron chi connectivity index (χ3n) is 4.84. The molecule has 6 heteroatoms. The van der Waals surface area contributed by atoms with Gasteiger partial charge in [0.1, 0.15) is 0 Å². The van der Waals surface area contributed by atoms with E-state index in [0.29, 0.717) is 30.6 Å². The van der Waals surface area contributed by atoms with Crippen molar-refractivity contribution in [2.24, 2.45) is 5.92 Å². The van der Waals surface area contributed by atoms with Gasteiger partial charge in [-0.15, -0.1) is 0 Å². The van der Waals surface area contributed by atoms with Gasteiger partial charge < -0.3 is 24.3 Å². The summed E-state index contributed by atoms with van der Waals surface area (Å²) in [6, 6.07) is 7.15. The van der Waals surface area contributed by atoms with E-state index in [1.165, 1.54) is 19.3 Å². The van der Waals surface area contributed by atoms with Crippen molar-refractivity contribution in [2.75, 3.05) is 33.5 Å². The number of rotatable bonds is 8. The molecule has 0 spiro atoms. The summed E-state index contributed by atoms with van der Waals surface area (Å²) in [5, 5.41) is 2.98. The van der Waals surface area contributed by atoms with Gasteiger partial charge in [0.05, 0.1) is 25.9 Å². The molecule has 1 N–H and O–H groups in total. The van der Waals surface area contributed by atoms with Crippen LogP contribution >= 0.6 is 0 Å². The number of amides is 1. The van der Waals surface area contributed by atoms with E-state index in [1.807, 2.05) is 12.1 Å². The number of hydrogen-bond donors (Lipinski definition) is 1. The Morgan fingerprint density at radius 2 is 2.04 bits per heavy atom. The van der Waals surface area contributed by atoms with Gasteiger partial charge in [0.15, 0.2) is 18.1 Å². The van der Waals surface area contributed by atoms with E-state index in [2.05, 4.69) is 5.32 Å². The zero-order valence-corrected chi connectivity index (χ0v) is 14.7. The van der Waals surface area contributed by atoms with Crippen molar-refractivity contribution in [2.45, 2.75) is 37.8 Å². The summed E-state index contributed by atoms with van der Waals surface area (Å²) < 4.78 is 22.3. The maximum Gasteiger partial charge on any atom is 0.258 e. The van der Waals surface area contributed by atoms with Crippen molar-refractivity contribution < 1.29 is 23.7 Å². The van der Waals surface area contributed by atoms with Crippen molar-refractivity contribution in [3.63, 3.8) is 0 Å². The lowest BCUT2D eigenvalue weighted by Crippen LogP contribution is -2.52. The molecule has 0 bridgehead atoms. The molecule has 1 aromatic rings. The second-order valence-electron chi connectivity index (χ2n) is 6.65.